The lowest BCUT2D eigenvalue weighted by Gasteiger charge is -2.15. The van der Waals surface area contributed by atoms with Gasteiger partial charge in [-0.2, -0.15) is 0 Å². The van der Waals surface area contributed by atoms with Crippen molar-refractivity contribution < 1.29 is 32.6 Å². The molecular weight excluding hydrogens is 384 g/mol. The van der Waals surface area contributed by atoms with Crippen LogP contribution in [0.15, 0.2) is 36.4 Å². The molecule has 2 aromatic rings. The summed E-state index contributed by atoms with van der Waals surface area (Å²) in [6.45, 7) is 5.45. The van der Waals surface area contributed by atoms with Gasteiger partial charge in [-0.05, 0) is 45.0 Å². The fraction of sp³-hybridized carbons (Fsp3) is 0.333. The highest BCUT2D eigenvalue weighted by atomic mass is 19.1. The summed E-state index contributed by atoms with van der Waals surface area (Å²) in [5.41, 5.74) is 0.321. The summed E-state index contributed by atoms with van der Waals surface area (Å²) in [5, 5.41) is 2.50. The fourth-order valence-corrected chi connectivity index (χ4v) is 2.61. The van der Waals surface area contributed by atoms with Crippen LogP contribution in [0.5, 0.6) is 11.5 Å². The maximum Gasteiger partial charge on any atom is 0.338 e. The second-order valence-electron chi connectivity index (χ2n) is 6.06. The summed E-state index contributed by atoms with van der Waals surface area (Å²) in [6.07, 6.45) is 0. The molecule has 0 bridgehead atoms. The number of hydrogen-bond acceptors (Lipinski definition) is 5. The van der Waals surface area contributed by atoms with Crippen LogP contribution >= 0.6 is 0 Å². The first kappa shape index (κ1) is 22.1. The van der Waals surface area contributed by atoms with E-state index < -0.39 is 36.2 Å². The molecule has 0 aromatic heterocycles. The molecule has 0 saturated carbocycles. The van der Waals surface area contributed by atoms with E-state index in [4.69, 9.17) is 14.2 Å². The Labute approximate surface area is 167 Å². The number of carbonyl (C=O) groups excluding carboxylic acids is 2. The summed E-state index contributed by atoms with van der Waals surface area (Å²) in [5.74, 6) is -1.92. The lowest BCUT2D eigenvalue weighted by molar-refractivity contribution is -0.124. The number of amides is 1. The SMILES string of the molecule is CCOc1ccc(C(=O)OCC(=O)N[C@@H](C)c2ccc(F)cc2F)cc1OCC. The highest BCUT2D eigenvalue weighted by molar-refractivity contribution is 5.92. The molecule has 0 unspecified atom stereocenters. The van der Waals surface area contributed by atoms with Crippen molar-refractivity contribution in [3.05, 3.63) is 59.2 Å². The van der Waals surface area contributed by atoms with E-state index in [0.29, 0.717) is 24.7 Å². The minimum absolute atomic E-state index is 0.124. The highest BCUT2D eigenvalue weighted by Crippen LogP contribution is 2.28. The third-order valence-electron chi connectivity index (χ3n) is 3.92. The number of benzene rings is 2. The van der Waals surface area contributed by atoms with Gasteiger partial charge in [-0.25, -0.2) is 13.6 Å². The number of halogens is 2. The number of hydrogen-bond donors (Lipinski definition) is 1. The summed E-state index contributed by atoms with van der Waals surface area (Å²) in [7, 11) is 0. The Morgan fingerprint density at radius 2 is 1.69 bits per heavy atom. The predicted molar refractivity (Wildman–Crippen MR) is 102 cm³/mol. The zero-order valence-corrected chi connectivity index (χ0v) is 16.5. The van der Waals surface area contributed by atoms with Crippen molar-refractivity contribution >= 4 is 11.9 Å². The summed E-state index contributed by atoms with van der Waals surface area (Å²) in [4.78, 5) is 24.2. The number of nitrogens with one attached hydrogen (secondary N) is 1. The van der Waals surface area contributed by atoms with Gasteiger partial charge >= 0.3 is 5.97 Å². The van der Waals surface area contributed by atoms with Crippen molar-refractivity contribution in [3.63, 3.8) is 0 Å². The number of esters is 1. The van der Waals surface area contributed by atoms with Crippen LogP contribution in [-0.4, -0.2) is 31.7 Å². The molecule has 8 heteroatoms. The van der Waals surface area contributed by atoms with E-state index >= 15 is 0 Å². The van der Waals surface area contributed by atoms with Gasteiger partial charge in [-0.3, -0.25) is 4.79 Å². The summed E-state index contributed by atoms with van der Waals surface area (Å²) in [6, 6.07) is 6.93. The molecule has 0 fully saturated rings. The van der Waals surface area contributed by atoms with Crippen molar-refractivity contribution in [2.75, 3.05) is 19.8 Å². The Balaban J connectivity index is 1.95. The molecule has 1 amide bonds. The van der Waals surface area contributed by atoms with Gasteiger partial charge in [0.05, 0.1) is 24.8 Å². The maximum atomic E-state index is 13.8. The first-order valence-electron chi connectivity index (χ1n) is 9.16. The van der Waals surface area contributed by atoms with E-state index in [2.05, 4.69) is 5.32 Å². The number of carbonyl (C=O) groups is 2. The van der Waals surface area contributed by atoms with Crippen LogP contribution in [0.1, 0.15) is 42.7 Å². The monoisotopic (exact) mass is 407 g/mol. The van der Waals surface area contributed by atoms with E-state index in [1.165, 1.54) is 25.1 Å². The van der Waals surface area contributed by atoms with Crippen molar-refractivity contribution in [2.24, 2.45) is 0 Å². The molecule has 0 aliphatic heterocycles. The Kier molecular flexibility index (Phi) is 7.94. The fourth-order valence-electron chi connectivity index (χ4n) is 2.61. The molecule has 6 nitrogen and oxygen atoms in total. The largest absolute Gasteiger partial charge is 0.490 e. The van der Waals surface area contributed by atoms with Crippen molar-refractivity contribution in [1.82, 2.24) is 5.32 Å². The lowest BCUT2D eigenvalue weighted by Crippen LogP contribution is -2.31. The first-order valence-corrected chi connectivity index (χ1v) is 9.16. The van der Waals surface area contributed by atoms with Crippen LogP contribution < -0.4 is 14.8 Å². The van der Waals surface area contributed by atoms with Gasteiger partial charge in [0, 0.05) is 11.6 Å². The second-order valence-corrected chi connectivity index (χ2v) is 6.06. The van der Waals surface area contributed by atoms with Gasteiger partial charge in [-0.15, -0.1) is 0 Å². The highest BCUT2D eigenvalue weighted by Gasteiger charge is 2.17. The molecule has 0 aliphatic rings. The zero-order valence-electron chi connectivity index (χ0n) is 16.5. The minimum atomic E-state index is -0.771. The average Bonchev–Trinajstić information content (AvgIpc) is 2.67. The van der Waals surface area contributed by atoms with Crippen molar-refractivity contribution in [3.8, 4) is 11.5 Å². The normalized spacial score (nSPS) is 11.5. The quantitative estimate of drug-likeness (QED) is 0.640. The molecule has 2 aromatic carbocycles. The third kappa shape index (κ3) is 6.17. The van der Waals surface area contributed by atoms with Crippen LogP contribution in [0.25, 0.3) is 0 Å². The predicted octanol–water partition coefficient (Wildman–Crippen LogP) is 3.80. The summed E-state index contributed by atoms with van der Waals surface area (Å²) >= 11 is 0. The number of rotatable bonds is 9. The van der Waals surface area contributed by atoms with E-state index in [-0.39, 0.29) is 11.1 Å². The van der Waals surface area contributed by atoms with Gasteiger partial charge in [0.15, 0.2) is 18.1 Å². The van der Waals surface area contributed by atoms with Crippen LogP contribution in [0.2, 0.25) is 0 Å². The van der Waals surface area contributed by atoms with E-state index in [9.17, 15) is 18.4 Å². The molecular formula is C21H23F2NO5. The van der Waals surface area contributed by atoms with Gasteiger partial charge in [0.25, 0.3) is 5.91 Å². The zero-order chi connectivity index (χ0) is 21.4. The van der Waals surface area contributed by atoms with Crippen LogP contribution in [-0.2, 0) is 9.53 Å². The minimum Gasteiger partial charge on any atom is -0.490 e. The molecule has 156 valence electrons. The van der Waals surface area contributed by atoms with Gasteiger partial charge < -0.3 is 19.5 Å². The van der Waals surface area contributed by atoms with Gasteiger partial charge in [0.1, 0.15) is 11.6 Å². The van der Waals surface area contributed by atoms with Crippen LogP contribution in [0.4, 0.5) is 8.78 Å². The molecule has 0 aliphatic carbocycles. The summed E-state index contributed by atoms with van der Waals surface area (Å²) < 4.78 is 42.7. The smallest absolute Gasteiger partial charge is 0.338 e. The Morgan fingerprint density at radius 3 is 2.34 bits per heavy atom. The lowest BCUT2D eigenvalue weighted by atomic mass is 10.1. The molecule has 0 saturated heterocycles. The molecule has 0 radical (unpaired) electrons. The first-order chi connectivity index (χ1) is 13.8. The molecule has 1 atom stereocenters. The average molecular weight is 407 g/mol. The topological polar surface area (TPSA) is 73.9 Å². The van der Waals surface area contributed by atoms with Gasteiger partial charge in [-0.1, -0.05) is 6.07 Å². The van der Waals surface area contributed by atoms with Crippen molar-refractivity contribution in [1.29, 1.82) is 0 Å². The van der Waals surface area contributed by atoms with E-state index in [0.717, 1.165) is 12.1 Å². The van der Waals surface area contributed by atoms with E-state index in [1.807, 2.05) is 6.92 Å². The molecule has 29 heavy (non-hydrogen) atoms. The maximum absolute atomic E-state index is 13.8. The third-order valence-corrected chi connectivity index (χ3v) is 3.92. The Hall–Kier alpha value is -3.16. The van der Waals surface area contributed by atoms with Crippen LogP contribution in [0.3, 0.4) is 0 Å². The molecule has 0 spiro atoms. The van der Waals surface area contributed by atoms with Crippen molar-refractivity contribution in [2.45, 2.75) is 26.8 Å². The molecule has 1 N–H and O–H groups in total. The second kappa shape index (κ2) is 10.4. The van der Waals surface area contributed by atoms with Crippen LogP contribution in [0, 0.1) is 11.6 Å². The van der Waals surface area contributed by atoms with Gasteiger partial charge in [0.2, 0.25) is 0 Å². The Morgan fingerprint density at radius 1 is 1.00 bits per heavy atom. The van der Waals surface area contributed by atoms with E-state index in [1.54, 1.807) is 13.0 Å². The number of ether oxygens (including phenoxy) is 3. The molecule has 2 rings (SSSR count). The standard InChI is InChI=1S/C21H23F2NO5/c1-4-27-18-9-6-14(10-19(18)28-5-2)21(26)29-12-20(25)24-13(3)16-8-7-15(22)11-17(16)23/h6-11,13H,4-5,12H2,1-3H3,(H,24,25)/t13-/m0/s1. The Bertz CT molecular complexity index is 872. The molecule has 0 heterocycles.